The number of esters is 2. The zero-order chi connectivity index (χ0) is 26.6. The van der Waals surface area contributed by atoms with Gasteiger partial charge in [-0.1, -0.05) is 48.5 Å². The highest BCUT2D eigenvalue weighted by Gasteiger charge is 2.49. The van der Waals surface area contributed by atoms with Crippen LogP contribution in [0.2, 0.25) is 0 Å². The molecule has 1 aliphatic heterocycles. The number of aromatic nitrogens is 2. The van der Waals surface area contributed by atoms with Crippen molar-refractivity contribution in [1.82, 2.24) is 14.9 Å². The maximum Gasteiger partial charge on any atom is 0.410 e. The molecule has 0 spiro atoms. The number of halogens is 2. The molecule has 1 aromatic heterocycles. The third kappa shape index (κ3) is 5.80. The molecule has 1 fully saturated rings. The van der Waals surface area contributed by atoms with E-state index in [1.165, 1.54) is 12.1 Å². The minimum atomic E-state index is -3.32. The quantitative estimate of drug-likeness (QED) is 0.496. The first-order valence-electron chi connectivity index (χ1n) is 11.0. The number of ether oxygens (including phenoxy) is 3. The van der Waals surface area contributed by atoms with E-state index >= 15 is 0 Å². The van der Waals surface area contributed by atoms with Crippen LogP contribution in [0.3, 0.4) is 0 Å². The van der Waals surface area contributed by atoms with Crippen molar-refractivity contribution in [2.45, 2.75) is 25.0 Å². The standard InChI is InChI=1S/C25H21F2N3O7/c1-35-23(33)18-19(37-22(32)16-10-6-3-7-11-16)21(31)29-20(28-18)17-12-25(26,27)14-30(17)24(34)36-13-15-8-4-2-5-9-15/h2-11,17H,12-14H2,1H3,(H,28,29,31). The van der Waals surface area contributed by atoms with Crippen molar-refractivity contribution >= 4 is 18.0 Å². The van der Waals surface area contributed by atoms with Crippen LogP contribution < -0.4 is 10.3 Å². The van der Waals surface area contributed by atoms with Crippen molar-refractivity contribution in [3.05, 3.63) is 93.7 Å². The van der Waals surface area contributed by atoms with Gasteiger partial charge in [0, 0.05) is 6.42 Å². The van der Waals surface area contributed by atoms with Gasteiger partial charge in [0.1, 0.15) is 12.4 Å². The average molecular weight is 513 g/mol. The van der Waals surface area contributed by atoms with Crippen molar-refractivity contribution in [3.8, 4) is 5.75 Å². The maximum atomic E-state index is 14.4. The number of carbonyl (C=O) groups is 3. The van der Waals surface area contributed by atoms with Crippen molar-refractivity contribution in [1.29, 1.82) is 0 Å². The molecule has 4 rings (SSSR count). The summed E-state index contributed by atoms with van der Waals surface area (Å²) in [6, 6.07) is 14.8. The third-order valence-corrected chi connectivity index (χ3v) is 5.50. The molecule has 0 aliphatic carbocycles. The number of carbonyl (C=O) groups excluding carboxylic acids is 3. The smallest absolute Gasteiger partial charge is 0.410 e. The number of amides is 1. The predicted octanol–water partition coefficient (Wildman–Crippen LogP) is 3.49. The summed E-state index contributed by atoms with van der Waals surface area (Å²) in [7, 11) is 1.00. The van der Waals surface area contributed by atoms with E-state index in [9.17, 15) is 28.0 Å². The Morgan fingerprint density at radius 1 is 1.05 bits per heavy atom. The van der Waals surface area contributed by atoms with Crippen LogP contribution in [0, 0.1) is 0 Å². The van der Waals surface area contributed by atoms with Gasteiger partial charge < -0.3 is 19.2 Å². The second-order valence-corrected chi connectivity index (χ2v) is 8.12. The summed E-state index contributed by atoms with van der Waals surface area (Å²) in [5.74, 6) is -6.61. The van der Waals surface area contributed by atoms with Gasteiger partial charge in [-0.05, 0) is 17.7 Å². The Labute approximate surface area is 208 Å². The highest BCUT2D eigenvalue weighted by atomic mass is 19.3. The Bertz CT molecular complexity index is 1360. The summed E-state index contributed by atoms with van der Waals surface area (Å²) in [6.45, 7) is -1.16. The minimum absolute atomic E-state index is 0.0876. The summed E-state index contributed by atoms with van der Waals surface area (Å²) in [6.07, 6.45) is -1.95. The predicted molar refractivity (Wildman–Crippen MR) is 123 cm³/mol. The largest absolute Gasteiger partial charge is 0.464 e. The lowest BCUT2D eigenvalue weighted by Gasteiger charge is -2.23. The molecule has 2 heterocycles. The van der Waals surface area contributed by atoms with Crippen LogP contribution in [-0.2, 0) is 16.1 Å². The number of benzene rings is 2. The van der Waals surface area contributed by atoms with Crippen LogP contribution in [-0.4, -0.2) is 52.5 Å². The molecule has 10 nitrogen and oxygen atoms in total. The fourth-order valence-electron chi connectivity index (χ4n) is 3.75. The Morgan fingerprint density at radius 2 is 1.70 bits per heavy atom. The van der Waals surface area contributed by atoms with Crippen LogP contribution in [0.4, 0.5) is 13.6 Å². The van der Waals surface area contributed by atoms with Crippen molar-refractivity contribution < 1.29 is 37.4 Å². The Kier molecular flexibility index (Phi) is 7.27. The Morgan fingerprint density at radius 3 is 2.35 bits per heavy atom. The second-order valence-electron chi connectivity index (χ2n) is 8.12. The van der Waals surface area contributed by atoms with E-state index in [0.29, 0.717) is 5.56 Å². The summed E-state index contributed by atoms with van der Waals surface area (Å²) >= 11 is 0. The van der Waals surface area contributed by atoms with E-state index in [1.807, 2.05) is 0 Å². The molecule has 1 atom stereocenters. The average Bonchev–Trinajstić information content (AvgIpc) is 3.24. The van der Waals surface area contributed by atoms with Crippen LogP contribution in [0.5, 0.6) is 5.75 Å². The summed E-state index contributed by atoms with van der Waals surface area (Å²) in [4.78, 5) is 57.3. The van der Waals surface area contributed by atoms with E-state index in [1.54, 1.807) is 48.5 Å². The molecule has 1 saturated heterocycles. The van der Waals surface area contributed by atoms with Gasteiger partial charge in [0.2, 0.25) is 5.75 Å². The fourth-order valence-corrected chi connectivity index (χ4v) is 3.75. The fraction of sp³-hybridized carbons (Fsp3) is 0.240. The summed E-state index contributed by atoms with van der Waals surface area (Å²) in [5.41, 5.74) is -1.08. The number of aromatic amines is 1. The molecule has 0 bridgehead atoms. The van der Waals surface area contributed by atoms with Crippen molar-refractivity contribution in [2.24, 2.45) is 0 Å². The van der Waals surface area contributed by atoms with Crippen LogP contribution in [0.1, 0.15) is 44.7 Å². The molecule has 3 aromatic rings. The van der Waals surface area contributed by atoms with Gasteiger partial charge in [0.25, 0.3) is 11.5 Å². The number of rotatable bonds is 6. The van der Waals surface area contributed by atoms with Gasteiger partial charge in [-0.25, -0.2) is 28.1 Å². The lowest BCUT2D eigenvalue weighted by Crippen LogP contribution is -2.35. The van der Waals surface area contributed by atoms with Crippen molar-refractivity contribution in [3.63, 3.8) is 0 Å². The molecule has 2 aromatic carbocycles. The summed E-state index contributed by atoms with van der Waals surface area (Å²) < 4.78 is 43.7. The van der Waals surface area contributed by atoms with Gasteiger partial charge in [0.05, 0.1) is 25.3 Å². The van der Waals surface area contributed by atoms with Crippen LogP contribution >= 0.6 is 0 Å². The molecular formula is C25H21F2N3O7. The number of nitrogens with one attached hydrogen (secondary N) is 1. The molecule has 37 heavy (non-hydrogen) atoms. The summed E-state index contributed by atoms with van der Waals surface area (Å²) in [5, 5.41) is 0. The van der Waals surface area contributed by atoms with Crippen LogP contribution in [0.25, 0.3) is 0 Å². The zero-order valence-electron chi connectivity index (χ0n) is 19.5. The molecule has 0 radical (unpaired) electrons. The molecular weight excluding hydrogens is 492 g/mol. The number of hydrogen-bond acceptors (Lipinski definition) is 8. The number of likely N-dealkylation sites (tertiary alicyclic amines) is 1. The Hall–Kier alpha value is -4.61. The van der Waals surface area contributed by atoms with Gasteiger partial charge in [-0.2, -0.15) is 0 Å². The molecule has 192 valence electrons. The van der Waals surface area contributed by atoms with E-state index in [-0.39, 0.29) is 12.2 Å². The highest BCUT2D eigenvalue weighted by Crippen LogP contribution is 2.40. The molecule has 0 saturated carbocycles. The molecule has 12 heteroatoms. The number of alkyl halides is 2. The molecule has 1 unspecified atom stereocenters. The lowest BCUT2D eigenvalue weighted by atomic mass is 10.1. The van der Waals surface area contributed by atoms with Crippen LogP contribution in [0.15, 0.2) is 65.5 Å². The first-order chi connectivity index (χ1) is 17.7. The van der Waals surface area contributed by atoms with Gasteiger partial charge in [-0.15, -0.1) is 0 Å². The van der Waals surface area contributed by atoms with E-state index in [2.05, 4.69) is 14.7 Å². The van der Waals surface area contributed by atoms with E-state index < -0.39 is 65.8 Å². The topological polar surface area (TPSA) is 128 Å². The number of H-pyrrole nitrogens is 1. The van der Waals surface area contributed by atoms with E-state index in [0.717, 1.165) is 12.0 Å². The number of hydrogen-bond donors (Lipinski definition) is 1. The molecule has 1 N–H and O–H groups in total. The third-order valence-electron chi connectivity index (χ3n) is 5.50. The Balaban J connectivity index is 1.64. The monoisotopic (exact) mass is 513 g/mol. The minimum Gasteiger partial charge on any atom is -0.464 e. The maximum absolute atomic E-state index is 14.4. The number of nitrogens with zero attached hydrogens (tertiary/aromatic N) is 2. The van der Waals surface area contributed by atoms with Gasteiger partial charge in [-0.3, -0.25) is 9.69 Å². The van der Waals surface area contributed by atoms with E-state index in [4.69, 9.17) is 9.47 Å². The zero-order valence-corrected chi connectivity index (χ0v) is 19.5. The first-order valence-corrected chi connectivity index (χ1v) is 11.0. The second kappa shape index (κ2) is 10.6. The number of methoxy groups -OCH3 is 1. The lowest BCUT2D eigenvalue weighted by molar-refractivity contribution is 0.0101. The van der Waals surface area contributed by atoms with Gasteiger partial charge >= 0.3 is 18.0 Å². The van der Waals surface area contributed by atoms with Crippen molar-refractivity contribution in [2.75, 3.05) is 13.7 Å². The SMILES string of the molecule is COC(=O)c1nc(C2CC(F)(F)CN2C(=O)OCc2ccccc2)[nH]c(=O)c1OC(=O)c1ccccc1. The van der Waals surface area contributed by atoms with Gasteiger partial charge in [0.15, 0.2) is 5.69 Å². The first kappa shape index (κ1) is 25.5. The molecule has 1 aliphatic rings. The molecule has 1 amide bonds. The normalized spacial score (nSPS) is 16.2. The highest BCUT2D eigenvalue weighted by molar-refractivity contribution is 5.94.